The second-order valence-corrected chi connectivity index (χ2v) is 6.35. The van der Waals surface area contributed by atoms with Gasteiger partial charge in [-0.05, 0) is 49.4 Å². The van der Waals surface area contributed by atoms with Gasteiger partial charge in [-0.15, -0.1) is 12.4 Å². The maximum Gasteiger partial charge on any atom is 0.227 e. The van der Waals surface area contributed by atoms with E-state index in [-0.39, 0.29) is 36.0 Å². The zero-order valence-corrected chi connectivity index (χ0v) is 13.9. The van der Waals surface area contributed by atoms with Crippen molar-refractivity contribution in [1.82, 2.24) is 10.2 Å². The SMILES string of the molecule is Cl.O=C(C1CCNC1)N1CCC(C(O)c2ccc(F)cc2)CC1. The fourth-order valence-corrected chi connectivity index (χ4v) is 3.49. The highest BCUT2D eigenvalue weighted by atomic mass is 35.5. The molecule has 2 aliphatic heterocycles. The molecule has 2 N–H and O–H groups in total. The summed E-state index contributed by atoms with van der Waals surface area (Å²) < 4.78 is 12.9. The lowest BCUT2D eigenvalue weighted by Gasteiger charge is -2.35. The summed E-state index contributed by atoms with van der Waals surface area (Å²) in [4.78, 5) is 14.3. The second kappa shape index (κ2) is 8.08. The van der Waals surface area contributed by atoms with Crippen molar-refractivity contribution in [2.45, 2.75) is 25.4 Å². The van der Waals surface area contributed by atoms with E-state index in [4.69, 9.17) is 0 Å². The number of aliphatic hydroxyl groups is 1. The number of halogens is 2. The predicted octanol–water partition coefficient (Wildman–Crippen LogP) is 2.13. The lowest BCUT2D eigenvalue weighted by atomic mass is 9.87. The molecule has 0 spiro atoms. The van der Waals surface area contributed by atoms with Gasteiger partial charge in [-0.2, -0.15) is 0 Å². The first-order chi connectivity index (χ1) is 10.6. The monoisotopic (exact) mass is 342 g/mol. The Morgan fingerprint density at radius 2 is 1.87 bits per heavy atom. The summed E-state index contributed by atoms with van der Waals surface area (Å²) >= 11 is 0. The number of nitrogens with one attached hydrogen (secondary N) is 1. The van der Waals surface area contributed by atoms with Crippen LogP contribution in [0.2, 0.25) is 0 Å². The van der Waals surface area contributed by atoms with Crippen LogP contribution in [0, 0.1) is 17.7 Å². The lowest BCUT2D eigenvalue weighted by Crippen LogP contribution is -2.43. The maximum absolute atomic E-state index is 12.9. The molecular formula is C17H24ClFN2O2. The van der Waals surface area contributed by atoms with Gasteiger partial charge >= 0.3 is 0 Å². The molecule has 128 valence electrons. The Balaban J connectivity index is 0.00000192. The molecule has 2 fully saturated rings. The van der Waals surface area contributed by atoms with Crippen LogP contribution in [0.5, 0.6) is 0 Å². The smallest absolute Gasteiger partial charge is 0.227 e. The Hall–Kier alpha value is -1.17. The minimum Gasteiger partial charge on any atom is -0.388 e. The highest BCUT2D eigenvalue weighted by Gasteiger charge is 2.32. The number of rotatable bonds is 3. The number of carbonyl (C=O) groups excluding carboxylic acids is 1. The van der Waals surface area contributed by atoms with E-state index < -0.39 is 6.10 Å². The summed E-state index contributed by atoms with van der Waals surface area (Å²) in [6, 6.07) is 6.04. The molecule has 1 aromatic rings. The van der Waals surface area contributed by atoms with Crippen LogP contribution in [0.4, 0.5) is 4.39 Å². The number of aliphatic hydroxyl groups excluding tert-OH is 1. The summed E-state index contributed by atoms with van der Waals surface area (Å²) in [5.41, 5.74) is 0.756. The van der Waals surface area contributed by atoms with Crippen molar-refractivity contribution >= 4 is 18.3 Å². The molecule has 2 atom stereocenters. The van der Waals surface area contributed by atoms with Crippen LogP contribution in [0.25, 0.3) is 0 Å². The van der Waals surface area contributed by atoms with Crippen LogP contribution >= 0.6 is 12.4 Å². The fourth-order valence-electron chi connectivity index (χ4n) is 3.49. The van der Waals surface area contributed by atoms with Crippen molar-refractivity contribution in [3.8, 4) is 0 Å². The van der Waals surface area contributed by atoms with Crippen LogP contribution in [0.15, 0.2) is 24.3 Å². The molecule has 2 unspecified atom stereocenters. The first-order valence-corrected chi connectivity index (χ1v) is 8.08. The number of hydrogen-bond donors (Lipinski definition) is 2. The standard InChI is InChI=1S/C17H23FN2O2.ClH/c18-15-3-1-12(2-4-15)16(21)13-6-9-20(10-7-13)17(22)14-5-8-19-11-14;/h1-4,13-14,16,19,21H,5-11H2;1H. The second-order valence-electron chi connectivity index (χ2n) is 6.35. The number of amides is 1. The van der Waals surface area contributed by atoms with Gasteiger partial charge < -0.3 is 15.3 Å². The maximum atomic E-state index is 12.9. The van der Waals surface area contributed by atoms with Crippen molar-refractivity contribution in [3.63, 3.8) is 0 Å². The largest absolute Gasteiger partial charge is 0.388 e. The van der Waals surface area contributed by atoms with Gasteiger partial charge in [-0.3, -0.25) is 4.79 Å². The third kappa shape index (κ3) is 4.22. The summed E-state index contributed by atoms with van der Waals surface area (Å²) in [7, 11) is 0. The fraction of sp³-hybridized carbons (Fsp3) is 0.588. The molecule has 2 heterocycles. The number of benzene rings is 1. The number of nitrogens with zero attached hydrogens (tertiary/aromatic N) is 1. The van der Waals surface area contributed by atoms with Crippen molar-refractivity contribution in [3.05, 3.63) is 35.6 Å². The van der Waals surface area contributed by atoms with Gasteiger partial charge in [0.25, 0.3) is 0 Å². The molecule has 0 aliphatic carbocycles. The first-order valence-electron chi connectivity index (χ1n) is 8.08. The van der Waals surface area contributed by atoms with Gasteiger partial charge in [0.2, 0.25) is 5.91 Å². The molecule has 6 heteroatoms. The topological polar surface area (TPSA) is 52.6 Å². The van der Waals surface area contributed by atoms with Gasteiger partial charge in [-0.25, -0.2) is 4.39 Å². The molecule has 0 bridgehead atoms. The Labute approximate surface area is 142 Å². The zero-order chi connectivity index (χ0) is 15.5. The Bertz CT molecular complexity index is 512. The minimum atomic E-state index is -0.578. The first kappa shape index (κ1) is 18.2. The van der Waals surface area contributed by atoms with Crippen molar-refractivity contribution in [2.75, 3.05) is 26.2 Å². The van der Waals surface area contributed by atoms with Crippen LogP contribution in [-0.4, -0.2) is 42.1 Å². The summed E-state index contributed by atoms with van der Waals surface area (Å²) in [6.07, 6.45) is 1.94. The average molecular weight is 343 g/mol. The molecule has 0 saturated carbocycles. The van der Waals surface area contributed by atoms with Gasteiger partial charge in [0.15, 0.2) is 0 Å². The minimum absolute atomic E-state index is 0. The van der Waals surface area contributed by atoms with Crippen LogP contribution in [-0.2, 0) is 4.79 Å². The molecule has 1 aromatic carbocycles. The Kier molecular flexibility index (Phi) is 6.39. The molecular weight excluding hydrogens is 319 g/mol. The van der Waals surface area contributed by atoms with Crippen LogP contribution in [0.1, 0.15) is 30.9 Å². The van der Waals surface area contributed by atoms with Crippen molar-refractivity contribution in [1.29, 1.82) is 0 Å². The molecule has 23 heavy (non-hydrogen) atoms. The number of carbonyl (C=O) groups is 1. The Morgan fingerprint density at radius 3 is 2.43 bits per heavy atom. The molecule has 4 nitrogen and oxygen atoms in total. The Morgan fingerprint density at radius 1 is 1.22 bits per heavy atom. The van der Waals surface area contributed by atoms with E-state index in [9.17, 15) is 14.3 Å². The number of likely N-dealkylation sites (tertiary alicyclic amines) is 1. The van der Waals surface area contributed by atoms with Crippen LogP contribution < -0.4 is 5.32 Å². The summed E-state index contributed by atoms with van der Waals surface area (Å²) in [5.74, 6) is 0.219. The quantitative estimate of drug-likeness (QED) is 0.884. The highest BCUT2D eigenvalue weighted by molar-refractivity contribution is 5.85. The average Bonchev–Trinajstić information content (AvgIpc) is 3.09. The highest BCUT2D eigenvalue weighted by Crippen LogP contribution is 2.31. The van der Waals surface area contributed by atoms with Gasteiger partial charge in [0.05, 0.1) is 12.0 Å². The van der Waals surface area contributed by atoms with E-state index in [1.54, 1.807) is 12.1 Å². The third-order valence-corrected chi connectivity index (χ3v) is 4.92. The van der Waals surface area contributed by atoms with E-state index in [0.717, 1.165) is 37.9 Å². The van der Waals surface area contributed by atoms with E-state index in [1.165, 1.54) is 12.1 Å². The third-order valence-electron chi connectivity index (χ3n) is 4.92. The van der Waals surface area contributed by atoms with E-state index in [2.05, 4.69) is 5.32 Å². The van der Waals surface area contributed by atoms with Crippen molar-refractivity contribution < 1.29 is 14.3 Å². The number of piperidine rings is 1. The summed E-state index contributed by atoms with van der Waals surface area (Å²) in [6.45, 7) is 3.13. The molecule has 0 aromatic heterocycles. The molecule has 2 aliphatic rings. The lowest BCUT2D eigenvalue weighted by molar-refractivity contribution is -0.136. The van der Waals surface area contributed by atoms with Gasteiger partial charge in [0.1, 0.15) is 5.82 Å². The van der Waals surface area contributed by atoms with E-state index in [0.29, 0.717) is 13.1 Å². The molecule has 3 rings (SSSR count). The number of hydrogen-bond acceptors (Lipinski definition) is 3. The van der Waals surface area contributed by atoms with E-state index in [1.807, 2.05) is 4.90 Å². The normalized spacial score (nSPS) is 23.4. The zero-order valence-electron chi connectivity index (χ0n) is 13.1. The van der Waals surface area contributed by atoms with Crippen LogP contribution in [0.3, 0.4) is 0 Å². The predicted molar refractivity (Wildman–Crippen MR) is 88.9 cm³/mol. The van der Waals surface area contributed by atoms with Crippen molar-refractivity contribution in [2.24, 2.45) is 11.8 Å². The summed E-state index contributed by atoms with van der Waals surface area (Å²) in [5, 5.41) is 13.7. The molecule has 1 amide bonds. The van der Waals surface area contributed by atoms with E-state index >= 15 is 0 Å². The van der Waals surface area contributed by atoms with Gasteiger partial charge in [-0.1, -0.05) is 12.1 Å². The molecule has 2 saturated heterocycles. The van der Waals surface area contributed by atoms with Gasteiger partial charge in [0, 0.05) is 19.6 Å². The molecule has 0 radical (unpaired) electrons.